The first-order valence-electron chi connectivity index (χ1n) is 11.8. The number of rotatable bonds is 17. The van der Waals surface area contributed by atoms with Gasteiger partial charge in [-0.15, -0.1) is 0 Å². The first-order valence-corrected chi connectivity index (χ1v) is 11.8. The van der Waals surface area contributed by atoms with Gasteiger partial charge in [-0.1, -0.05) is 69.7 Å². The molecule has 0 aliphatic rings. The van der Waals surface area contributed by atoms with Crippen LogP contribution < -0.4 is 4.74 Å². The molecule has 0 bridgehead atoms. The molecule has 0 radical (unpaired) electrons. The molecule has 5 nitrogen and oxygen atoms in total. The standard InChI is InChI=1S/C26H40O5/c1-4-7-8-9-10-11-12-13-14-15-22-16-18-23(19-17-22)31-21-20-24(25(27)29-5-2)26(28)30-6-3/h14-19,24H,4-13,20-21H2,1-3H3/b15-14-. The minimum Gasteiger partial charge on any atom is -0.494 e. The minimum absolute atomic E-state index is 0.220. The molecule has 5 heteroatoms. The Morgan fingerprint density at radius 2 is 1.42 bits per heavy atom. The molecule has 1 rings (SSSR count). The Morgan fingerprint density at radius 3 is 2.00 bits per heavy atom. The quantitative estimate of drug-likeness (QED) is 0.163. The van der Waals surface area contributed by atoms with Crippen molar-refractivity contribution in [1.29, 1.82) is 0 Å². The Labute approximate surface area is 188 Å². The van der Waals surface area contributed by atoms with Gasteiger partial charge in [-0.3, -0.25) is 9.59 Å². The zero-order chi connectivity index (χ0) is 22.7. The van der Waals surface area contributed by atoms with Crippen molar-refractivity contribution in [3.05, 3.63) is 35.9 Å². The van der Waals surface area contributed by atoms with Gasteiger partial charge in [0.1, 0.15) is 5.75 Å². The van der Waals surface area contributed by atoms with Crippen molar-refractivity contribution in [1.82, 2.24) is 0 Å². The molecule has 1 aromatic rings. The summed E-state index contributed by atoms with van der Waals surface area (Å²) in [4.78, 5) is 24.0. The van der Waals surface area contributed by atoms with Gasteiger partial charge in [0, 0.05) is 6.42 Å². The van der Waals surface area contributed by atoms with Crippen LogP contribution in [0.2, 0.25) is 0 Å². The van der Waals surface area contributed by atoms with E-state index >= 15 is 0 Å². The first kappa shape index (κ1) is 26.7. The molecular weight excluding hydrogens is 392 g/mol. The van der Waals surface area contributed by atoms with Gasteiger partial charge in [0.15, 0.2) is 5.92 Å². The Balaban J connectivity index is 2.34. The fourth-order valence-corrected chi connectivity index (χ4v) is 3.23. The van der Waals surface area contributed by atoms with E-state index in [2.05, 4.69) is 19.1 Å². The Bertz CT molecular complexity index is 618. The van der Waals surface area contributed by atoms with E-state index in [1.165, 1.54) is 44.9 Å². The fraction of sp³-hybridized carbons (Fsp3) is 0.615. The smallest absolute Gasteiger partial charge is 0.320 e. The Kier molecular flexibility index (Phi) is 15.0. The molecule has 0 amide bonds. The lowest BCUT2D eigenvalue weighted by Gasteiger charge is -2.14. The number of benzene rings is 1. The van der Waals surface area contributed by atoms with Gasteiger partial charge in [0.2, 0.25) is 0 Å². The van der Waals surface area contributed by atoms with E-state index in [9.17, 15) is 9.59 Å². The fourth-order valence-electron chi connectivity index (χ4n) is 3.23. The average Bonchev–Trinajstić information content (AvgIpc) is 2.76. The molecule has 0 spiro atoms. The van der Waals surface area contributed by atoms with Crippen molar-refractivity contribution >= 4 is 18.0 Å². The summed E-state index contributed by atoms with van der Waals surface area (Å²) in [5, 5.41) is 0. The van der Waals surface area contributed by atoms with E-state index < -0.39 is 17.9 Å². The van der Waals surface area contributed by atoms with E-state index in [0.717, 1.165) is 12.0 Å². The van der Waals surface area contributed by atoms with Crippen LogP contribution in [-0.2, 0) is 19.1 Å². The predicted molar refractivity (Wildman–Crippen MR) is 125 cm³/mol. The maximum atomic E-state index is 12.0. The molecule has 174 valence electrons. The number of ether oxygens (including phenoxy) is 3. The number of allylic oxidation sites excluding steroid dienone is 1. The van der Waals surface area contributed by atoms with Crippen LogP contribution in [0.3, 0.4) is 0 Å². The summed E-state index contributed by atoms with van der Waals surface area (Å²) in [6.45, 7) is 6.35. The monoisotopic (exact) mass is 432 g/mol. The van der Waals surface area contributed by atoms with Crippen LogP contribution in [0.1, 0.15) is 84.1 Å². The number of hydrogen-bond acceptors (Lipinski definition) is 5. The average molecular weight is 433 g/mol. The summed E-state index contributed by atoms with van der Waals surface area (Å²) < 4.78 is 15.6. The van der Waals surface area contributed by atoms with Crippen LogP contribution in [0.5, 0.6) is 5.75 Å². The van der Waals surface area contributed by atoms with Crippen LogP contribution in [0.25, 0.3) is 6.08 Å². The number of esters is 2. The van der Waals surface area contributed by atoms with Crippen molar-refractivity contribution in [2.45, 2.75) is 78.6 Å². The molecule has 0 aliphatic heterocycles. The van der Waals surface area contributed by atoms with Crippen LogP contribution in [0.4, 0.5) is 0 Å². The molecule has 1 aromatic carbocycles. The van der Waals surface area contributed by atoms with Gasteiger partial charge in [-0.2, -0.15) is 0 Å². The molecule has 31 heavy (non-hydrogen) atoms. The number of carbonyl (C=O) groups is 2. The van der Waals surface area contributed by atoms with Crippen LogP contribution >= 0.6 is 0 Å². The van der Waals surface area contributed by atoms with E-state index in [4.69, 9.17) is 14.2 Å². The van der Waals surface area contributed by atoms with Gasteiger partial charge in [-0.05, 0) is 44.4 Å². The molecular formula is C26H40O5. The van der Waals surface area contributed by atoms with E-state index in [1.807, 2.05) is 24.3 Å². The summed E-state index contributed by atoms with van der Waals surface area (Å²) in [6, 6.07) is 7.81. The molecule has 0 unspecified atom stereocenters. The molecule has 0 atom stereocenters. The van der Waals surface area contributed by atoms with Crippen molar-refractivity contribution in [3.8, 4) is 5.75 Å². The van der Waals surface area contributed by atoms with Gasteiger partial charge >= 0.3 is 11.9 Å². The lowest BCUT2D eigenvalue weighted by molar-refractivity contribution is -0.162. The maximum absolute atomic E-state index is 12.0. The summed E-state index contributed by atoms with van der Waals surface area (Å²) in [5.41, 5.74) is 1.13. The lowest BCUT2D eigenvalue weighted by atomic mass is 10.1. The van der Waals surface area contributed by atoms with Crippen molar-refractivity contribution in [2.75, 3.05) is 19.8 Å². The molecule has 0 N–H and O–H groups in total. The second kappa shape index (κ2) is 17.4. The lowest BCUT2D eigenvalue weighted by Crippen LogP contribution is -2.29. The van der Waals surface area contributed by atoms with Gasteiger partial charge in [0.05, 0.1) is 19.8 Å². The van der Waals surface area contributed by atoms with E-state index in [1.54, 1.807) is 13.8 Å². The van der Waals surface area contributed by atoms with Crippen molar-refractivity contribution < 1.29 is 23.8 Å². The highest BCUT2D eigenvalue weighted by atomic mass is 16.6. The van der Waals surface area contributed by atoms with Crippen molar-refractivity contribution in [2.24, 2.45) is 5.92 Å². The third-order valence-electron chi connectivity index (χ3n) is 4.98. The zero-order valence-corrected chi connectivity index (χ0v) is 19.6. The van der Waals surface area contributed by atoms with Gasteiger partial charge < -0.3 is 14.2 Å². The molecule has 0 saturated carbocycles. The summed E-state index contributed by atoms with van der Waals surface area (Å²) in [7, 11) is 0. The summed E-state index contributed by atoms with van der Waals surface area (Å²) in [6.07, 6.45) is 15.0. The van der Waals surface area contributed by atoms with Crippen molar-refractivity contribution in [3.63, 3.8) is 0 Å². The van der Waals surface area contributed by atoms with Crippen LogP contribution in [-0.4, -0.2) is 31.8 Å². The predicted octanol–water partition coefficient (Wildman–Crippen LogP) is 6.35. The Hall–Kier alpha value is -2.30. The molecule has 0 heterocycles. The zero-order valence-electron chi connectivity index (χ0n) is 19.6. The molecule has 0 aromatic heterocycles. The highest BCUT2D eigenvalue weighted by Crippen LogP contribution is 2.16. The van der Waals surface area contributed by atoms with Crippen LogP contribution in [0, 0.1) is 5.92 Å². The second-order valence-electron chi connectivity index (χ2n) is 7.58. The summed E-state index contributed by atoms with van der Waals surface area (Å²) in [5.74, 6) is -1.37. The van der Waals surface area contributed by atoms with E-state index in [-0.39, 0.29) is 26.2 Å². The third kappa shape index (κ3) is 12.2. The SMILES string of the molecule is CCCCCCCCC/C=C\c1ccc(OCCC(C(=O)OCC)C(=O)OCC)cc1. The Morgan fingerprint density at radius 1 is 0.839 bits per heavy atom. The normalized spacial score (nSPS) is 11.1. The van der Waals surface area contributed by atoms with Gasteiger partial charge in [0.25, 0.3) is 0 Å². The topological polar surface area (TPSA) is 61.8 Å². The summed E-state index contributed by atoms with van der Waals surface area (Å²) >= 11 is 0. The molecule has 0 saturated heterocycles. The van der Waals surface area contributed by atoms with Gasteiger partial charge in [-0.25, -0.2) is 0 Å². The third-order valence-corrected chi connectivity index (χ3v) is 4.98. The highest BCUT2D eigenvalue weighted by Gasteiger charge is 2.29. The molecule has 0 fully saturated rings. The molecule has 0 aliphatic carbocycles. The largest absolute Gasteiger partial charge is 0.494 e. The maximum Gasteiger partial charge on any atom is 0.320 e. The number of unbranched alkanes of at least 4 members (excludes halogenated alkanes) is 7. The highest BCUT2D eigenvalue weighted by molar-refractivity contribution is 5.94. The van der Waals surface area contributed by atoms with Crippen LogP contribution in [0.15, 0.2) is 30.3 Å². The number of hydrogen-bond donors (Lipinski definition) is 0. The van der Waals surface area contributed by atoms with E-state index in [0.29, 0.717) is 5.75 Å². The first-order chi connectivity index (χ1) is 15.1. The minimum atomic E-state index is -0.950. The number of carbonyl (C=O) groups excluding carboxylic acids is 2. The second-order valence-corrected chi connectivity index (χ2v) is 7.58.